The van der Waals surface area contributed by atoms with Crippen molar-refractivity contribution in [3.63, 3.8) is 0 Å². The minimum Gasteiger partial charge on any atom is -0.322 e. The highest BCUT2D eigenvalue weighted by Gasteiger charge is 2.60. The van der Waals surface area contributed by atoms with Gasteiger partial charge in [-0.25, -0.2) is 8.78 Å². The van der Waals surface area contributed by atoms with Crippen LogP contribution in [0.3, 0.4) is 0 Å². The maximum absolute atomic E-state index is 15.3. The number of hydrogen-bond acceptors (Lipinski definition) is 3. The summed E-state index contributed by atoms with van der Waals surface area (Å²) < 4.78 is 57.3. The van der Waals surface area contributed by atoms with E-state index in [1.165, 1.54) is 6.07 Å². The number of hydrogen-bond donors (Lipinski definition) is 1. The fraction of sp³-hybridized carbons (Fsp3) is 0.129. The van der Waals surface area contributed by atoms with Gasteiger partial charge in [0, 0.05) is 16.3 Å². The van der Waals surface area contributed by atoms with Crippen LogP contribution in [0.2, 0.25) is 5.02 Å². The molecule has 4 aromatic carbocycles. The van der Waals surface area contributed by atoms with Crippen molar-refractivity contribution in [3.05, 3.63) is 125 Å². The zero-order valence-electron chi connectivity index (χ0n) is 21.7. The normalized spacial score (nSPS) is 14.0. The van der Waals surface area contributed by atoms with Crippen molar-refractivity contribution < 1.29 is 32.1 Å². The highest BCUT2D eigenvalue weighted by atomic mass is 35.5. The van der Waals surface area contributed by atoms with Crippen LogP contribution in [0.25, 0.3) is 0 Å². The van der Waals surface area contributed by atoms with Crippen molar-refractivity contribution in [2.45, 2.75) is 18.8 Å². The Kier molecular flexibility index (Phi) is 8.00. The van der Waals surface area contributed by atoms with Crippen LogP contribution in [0.5, 0.6) is 0 Å². The fourth-order valence-electron chi connectivity index (χ4n) is 4.88. The largest absolute Gasteiger partial charge is 0.322 e. The molecule has 0 heterocycles. The van der Waals surface area contributed by atoms with E-state index in [4.69, 9.17) is 11.6 Å². The Morgan fingerprint density at radius 3 is 1.71 bits per heavy atom. The molecule has 42 heavy (non-hydrogen) atoms. The Labute approximate surface area is 243 Å². The molecule has 1 saturated carbocycles. The number of nitrogens with zero attached hydrogens (tertiary/aromatic N) is 2. The lowest BCUT2D eigenvalue weighted by Crippen LogP contribution is -2.57. The van der Waals surface area contributed by atoms with Crippen LogP contribution in [0.1, 0.15) is 34.7 Å². The molecule has 1 N–H and O–H groups in total. The average molecular weight is 596 g/mol. The van der Waals surface area contributed by atoms with E-state index in [0.717, 1.165) is 48.5 Å². The molecule has 3 amide bonds. The third-order valence-electron chi connectivity index (χ3n) is 7.20. The Hall–Kier alpha value is -4.70. The van der Waals surface area contributed by atoms with Gasteiger partial charge in [0.2, 0.25) is 0 Å². The summed E-state index contributed by atoms with van der Waals surface area (Å²) in [6.07, 6.45) is -0.468. The van der Waals surface area contributed by atoms with E-state index in [0.29, 0.717) is 21.8 Å². The van der Waals surface area contributed by atoms with Crippen molar-refractivity contribution in [2.24, 2.45) is 5.41 Å². The lowest BCUT2D eigenvalue weighted by atomic mass is 9.58. The summed E-state index contributed by atoms with van der Waals surface area (Å²) in [4.78, 5) is 39.3. The molecule has 4 aromatic rings. The molecule has 0 saturated heterocycles. The third kappa shape index (κ3) is 5.71. The minimum atomic E-state index is -2.13. The summed E-state index contributed by atoms with van der Waals surface area (Å²) in [5.74, 6) is -4.76. The summed E-state index contributed by atoms with van der Waals surface area (Å²) in [7, 11) is 0. The second-order valence-corrected chi connectivity index (χ2v) is 10.3. The van der Waals surface area contributed by atoms with Crippen LogP contribution in [0, 0.1) is 17.0 Å². The number of halogens is 5. The van der Waals surface area contributed by atoms with Crippen molar-refractivity contribution >= 4 is 46.4 Å². The summed E-state index contributed by atoms with van der Waals surface area (Å²) in [5, 5.41) is 2.57. The molecule has 0 spiro atoms. The highest BCUT2D eigenvalue weighted by Crippen LogP contribution is 2.54. The van der Waals surface area contributed by atoms with E-state index >= 15 is 8.96 Å². The zero-order valence-corrected chi connectivity index (χ0v) is 22.5. The standard InChI is InChI=1S/C31H22ClF4N3O3/c32-22-3-1-2-20(16-22)28(40)37-25-10-4-19(5-11-25)21-17-31(18-21,29(41)38(35)26-12-6-23(33)7-13-26)30(42)39(36)27-14-8-24(34)9-15-27/h1-16,21H,17-18H2,(H,37,40). The summed E-state index contributed by atoms with van der Waals surface area (Å²) in [5.41, 5.74) is -1.28. The Bertz CT molecular complexity index is 1560. The lowest BCUT2D eigenvalue weighted by molar-refractivity contribution is -0.151. The second-order valence-electron chi connectivity index (χ2n) is 9.90. The molecule has 5 rings (SSSR count). The smallest absolute Gasteiger partial charge is 0.270 e. The van der Waals surface area contributed by atoms with Gasteiger partial charge in [-0.15, -0.1) is 10.2 Å². The highest BCUT2D eigenvalue weighted by molar-refractivity contribution is 6.31. The first kappa shape index (κ1) is 28.8. The fourth-order valence-corrected chi connectivity index (χ4v) is 5.07. The topological polar surface area (TPSA) is 69.7 Å². The summed E-state index contributed by atoms with van der Waals surface area (Å²) >= 11 is 5.95. The van der Waals surface area contributed by atoms with E-state index in [1.54, 1.807) is 42.5 Å². The van der Waals surface area contributed by atoms with E-state index in [-0.39, 0.29) is 40.4 Å². The Morgan fingerprint density at radius 2 is 1.24 bits per heavy atom. The SMILES string of the molecule is O=C(Nc1ccc(C2CC(C(=O)N(F)c3ccc(F)cc3)(C(=O)N(F)c3ccc(F)cc3)C2)cc1)c1cccc(Cl)c1. The van der Waals surface area contributed by atoms with Gasteiger partial charge in [-0.2, -0.15) is 0 Å². The van der Waals surface area contributed by atoms with Crippen LogP contribution < -0.4 is 15.6 Å². The van der Waals surface area contributed by atoms with Crippen LogP contribution in [0.15, 0.2) is 97.1 Å². The van der Waals surface area contributed by atoms with Crippen molar-refractivity contribution in [1.29, 1.82) is 0 Å². The number of carbonyl (C=O) groups is 3. The molecule has 6 nitrogen and oxygen atoms in total. The van der Waals surface area contributed by atoms with Gasteiger partial charge in [-0.3, -0.25) is 14.4 Å². The predicted octanol–water partition coefficient (Wildman–Crippen LogP) is 7.57. The summed E-state index contributed by atoms with van der Waals surface area (Å²) in [6.45, 7) is 0. The maximum atomic E-state index is 15.3. The number of benzene rings is 4. The van der Waals surface area contributed by atoms with E-state index in [2.05, 4.69) is 5.32 Å². The molecule has 0 aliphatic heterocycles. The van der Waals surface area contributed by atoms with Gasteiger partial charge in [0.25, 0.3) is 17.7 Å². The van der Waals surface area contributed by atoms with Gasteiger partial charge in [-0.1, -0.05) is 38.8 Å². The number of carbonyl (C=O) groups excluding carboxylic acids is 3. The predicted molar refractivity (Wildman–Crippen MR) is 150 cm³/mol. The van der Waals surface area contributed by atoms with Crippen molar-refractivity contribution in [3.8, 4) is 0 Å². The maximum Gasteiger partial charge on any atom is 0.270 e. The molecule has 0 aromatic heterocycles. The molecule has 1 fully saturated rings. The third-order valence-corrected chi connectivity index (χ3v) is 7.43. The van der Waals surface area contributed by atoms with Gasteiger partial charge >= 0.3 is 0 Å². The van der Waals surface area contributed by atoms with Gasteiger partial charge in [0.1, 0.15) is 17.0 Å². The summed E-state index contributed by atoms with van der Waals surface area (Å²) in [6, 6.07) is 20.9. The van der Waals surface area contributed by atoms with Gasteiger partial charge in [-0.05, 0) is 103 Å². The number of amides is 3. The number of nitrogens with one attached hydrogen (secondary N) is 1. The first-order valence-corrected chi connectivity index (χ1v) is 13.1. The van der Waals surface area contributed by atoms with Crippen LogP contribution >= 0.6 is 11.6 Å². The average Bonchev–Trinajstić information content (AvgIpc) is 2.97. The molecule has 1 aliphatic rings. The van der Waals surface area contributed by atoms with Gasteiger partial charge in [0.05, 0.1) is 11.4 Å². The molecule has 11 heteroatoms. The monoisotopic (exact) mass is 595 g/mol. The van der Waals surface area contributed by atoms with Crippen LogP contribution in [-0.2, 0) is 9.59 Å². The van der Waals surface area contributed by atoms with E-state index in [9.17, 15) is 23.2 Å². The molecule has 0 atom stereocenters. The van der Waals surface area contributed by atoms with Crippen molar-refractivity contribution in [1.82, 2.24) is 0 Å². The first-order chi connectivity index (χ1) is 20.1. The molecule has 214 valence electrons. The van der Waals surface area contributed by atoms with Crippen LogP contribution in [0.4, 0.5) is 34.8 Å². The molecule has 0 unspecified atom stereocenters. The molecule has 0 radical (unpaired) electrons. The quantitative estimate of drug-likeness (QED) is 0.136. The molecular weight excluding hydrogens is 574 g/mol. The molecule has 1 aliphatic carbocycles. The Balaban J connectivity index is 1.36. The molecule has 0 bridgehead atoms. The first-order valence-electron chi connectivity index (χ1n) is 12.8. The zero-order chi connectivity index (χ0) is 30.0. The van der Waals surface area contributed by atoms with Crippen LogP contribution in [-0.4, -0.2) is 17.7 Å². The minimum absolute atomic E-state index is 0.234. The van der Waals surface area contributed by atoms with E-state index in [1.807, 2.05) is 0 Å². The second kappa shape index (κ2) is 11.7. The lowest BCUT2D eigenvalue weighted by Gasteiger charge is -2.46. The van der Waals surface area contributed by atoms with Gasteiger partial charge < -0.3 is 5.32 Å². The molecular formula is C31H22ClF4N3O3. The van der Waals surface area contributed by atoms with Gasteiger partial charge in [0.15, 0.2) is 0 Å². The Morgan fingerprint density at radius 1 is 0.738 bits per heavy atom. The van der Waals surface area contributed by atoms with Crippen molar-refractivity contribution in [2.75, 3.05) is 15.6 Å². The number of rotatable bonds is 7. The van der Waals surface area contributed by atoms with E-state index < -0.39 is 34.8 Å². The number of anilines is 3.